The van der Waals surface area contributed by atoms with Gasteiger partial charge in [-0.25, -0.2) is 0 Å². The molecule has 0 saturated heterocycles. The largest absolute Gasteiger partial charge is 0.497 e. The lowest BCUT2D eigenvalue weighted by Gasteiger charge is -2.21. The Balaban J connectivity index is 1.52. The maximum Gasteiger partial charge on any atom is 0.123 e. The minimum atomic E-state index is -0.553. The predicted molar refractivity (Wildman–Crippen MR) is 121 cm³/mol. The summed E-state index contributed by atoms with van der Waals surface area (Å²) in [5.41, 5.74) is 4.19. The van der Waals surface area contributed by atoms with Gasteiger partial charge < -0.3 is 19.3 Å². The molecule has 0 bridgehead atoms. The Morgan fingerprint density at radius 2 is 1.84 bits per heavy atom. The second kappa shape index (κ2) is 9.86. The van der Waals surface area contributed by atoms with Crippen LogP contribution in [0.4, 0.5) is 0 Å². The molecule has 1 heterocycles. The highest BCUT2D eigenvalue weighted by Crippen LogP contribution is 2.30. The molecular formula is C26H29NO4. The van der Waals surface area contributed by atoms with E-state index in [0.717, 1.165) is 59.1 Å². The molecule has 1 N–H and O–H groups in total. The molecule has 31 heavy (non-hydrogen) atoms. The van der Waals surface area contributed by atoms with Crippen LogP contribution in [0.15, 0.2) is 66.7 Å². The van der Waals surface area contributed by atoms with Crippen molar-refractivity contribution in [2.45, 2.75) is 25.6 Å². The molecule has 3 aromatic rings. The topological polar surface area (TPSA) is 51.2 Å². The molecule has 5 nitrogen and oxygen atoms in total. The summed E-state index contributed by atoms with van der Waals surface area (Å²) < 4.78 is 16.9. The van der Waals surface area contributed by atoms with E-state index in [4.69, 9.17) is 14.2 Å². The highest BCUT2D eigenvalue weighted by molar-refractivity contribution is 5.41. The van der Waals surface area contributed by atoms with Gasteiger partial charge in [-0.1, -0.05) is 36.4 Å². The summed E-state index contributed by atoms with van der Waals surface area (Å²) in [5, 5.41) is 10.8. The van der Waals surface area contributed by atoms with Gasteiger partial charge in [0, 0.05) is 37.2 Å². The maximum atomic E-state index is 10.8. The fourth-order valence-electron chi connectivity index (χ4n) is 4.01. The summed E-state index contributed by atoms with van der Waals surface area (Å²) in [6, 6.07) is 21.9. The van der Waals surface area contributed by atoms with Crippen LogP contribution < -0.4 is 14.2 Å². The lowest BCUT2D eigenvalue weighted by Crippen LogP contribution is -2.25. The minimum absolute atomic E-state index is 0.553. The monoisotopic (exact) mass is 419 g/mol. The van der Waals surface area contributed by atoms with E-state index in [0.29, 0.717) is 13.0 Å². The van der Waals surface area contributed by atoms with Crippen LogP contribution in [0.2, 0.25) is 0 Å². The van der Waals surface area contributed by atoms with Gasteiger partial charge in [-0.3, -0.25) is 4.90 Å². The van der Waals surface area contributed by atoms with E-state index in [9.17, 15) is 5.11 Å². The molecule has 1 atom stereocenters. The lowest BCUT2D eigenvalue weighted by atomic mass is 9.99. The van der Waals surface area contributed by atoms with Gasteiger partial charge in [0.1, 0.15) is 23.9 Å². The summed E-state index contributed by atoms with van der Waals surface area (Å²) in [6.07, 6.45) is 0.0356. The van der Waals surface area contributed by atoms with Crippen LogP contribution in [-0.2, 0) is 19.5 Å². The van der Waals surface area contributed by atoms with Gasteiger partial charge in [0.25, 0.3) is 0 Å². The van der Waals surface area contributed by atoms with Gasteiger partial charge in [0.2, 0.25) is 0 Å². The minimum Gasteiger partial charge on any atom is -0.497 e. The number of benzene rings is 3. The SMILES string of the molecule is COc1ccc(OC)c(CN2CCOc3ccc(C(O)Cc4ccccc4)cc3C2)c1. The predicted octanol–water partition coefficient (Wildman–Crippen LogP) is 4.37. The van der Waals surface area contributed by atoms with Crippen molar-refractivity contribution in [1.82, 2.24) is 4.90 Å². The van der Waals surface area contributed by atoms with Gasteiger partial charge in [0.15, 0.2) is 0 Å². The smallest absolute Gasteiger partial charge is 0.123 e. The number of aliphatic hydroxyl groups is 1. The molecule has 0 radical (unpaired) electrons. The molecule has 0 aliphatic carbocycles. The molecule has 1 aliphatic heterocycles. The van der Waals surface area contributed by atoms with Gasteiger partial charge in [-0.15, -0.1) is 0 Å². The number of hydrogen-bond acceptors (Lipinski definition) is 5. The van der Waals surface area contributed by atoms with E-state index in [1.807, 2.05) is 60.7 Å². The standard InChI is InChI=1S/C26H29NO4/c1-29-23-9-11-25(30-2)22(16-23)18-27-12-13-31-26-10-8-20(15-21(26)17-27)24(28)14-19-6-4-3-5-7-19/h3-11,15-16,24,28H,12-14,17-18H2,1-2H3. The summed E-state index contributed by atoms with van der Waals surface area (Å²) in [7, 11) is 3.36. The third-order valence-corrected chi connectivity index (χ3v) is 5.68. The Kier molecular flexibility index (Phi) is 6.75. The van der Waals surface area contributed by atoms with Crippen molar-refractivity contribution in [3.63, 3.8) is 0 Å². The summed E-state index contributed by atoms with van der Waals surface area (Å²) in [5.74, 6) is 2.54. The maximum absolute atomic E-state index is 10.8. The summed E-state index contributed by atoms with van der Waals surface area (Å²) >= 11 is 0. The Hall–Kier alpha value is -3.02. The zero-order valence-electron chi connectivity index (χ0n) is 18.1. The number of aliphatic hydroxyl groups excluding tert-OH is 1. The first-order valence-corrected chi connectivity index (χ1v) is 10.6. The summed E-state index contributed by atoms with van der Waals surface area (Å²) in [6.45, 7) is 2.88. The van der Waals surface area contributed by atoms with Gasteiger partial charge in [-0.2, -0.15) is 0 Å². The van der Waals surface area contributed by atoms with E-state index in [1.54, 1.807) is 14.2 Å². The first-order chi connectivity index (χ1) is 15.2. The zero-order valence-corrected chi connectivity index (χ0v) is 18.1. The van der Waals surface area contributed by atoms with Crippen LogP contribution in [-0.4, -0.2) is 37.4 Å². The first-order valence-electron chi connectivity index (χ1n) is 10.6. The third-order valence-electron chi connectivity index (χ3n) is 5.68. The number of methoxy groups -OCH3 is 2. The Morgan fingerprint density at radius 1 is 1.00 bits per heavy atom. The quantitative estimate of drug-likeness (QED) is 0.616. The highest BCUT2D eigenvalue weighted by Gasteiger charge is 2.19. The van der Waals surface area contributed by atoms with E-state index < -0.39 is 6.10 Å². The molecule has 162 valence electrons. The second-order valence-electron chi connectivity index (χ2n) is 7.81. The van der Waals surface area contributed by atoms with Crippen LogP contribution in [0.5, 0.6) is 17.2 Å². The number of nitrogens with zero attached hydrogens (tertiary/aromatic N) is 1. The van der Waals surface area contributed by atoms with Crippen molar-refractivity contribution in [1.29, 1.82) is 0 Å². The molecule has 4 rings (SSSR count). The van der Waals surface area contributed by atoms with Crippen molar-refractivity contribution in [2.75, 3.05) is 27.4 Å². The molecule has 3 aromatic carbocycles. The van der Waals surface area contributed by atoms with E-state index in [1.165, 1.54) is 0 Å². The van der Waals surface area contributed by atoms with E-state index in [2.05, 4.69) is 11.0 Å². The Morgan fingerprint density at radius 3 is 2.61 bits per heavy atom. The molecule has 0 aromatic heterocycles. The Labute approximate surface area is 183 Å². The van der Waals surface area contributed by atoms with Gasteiger partial charge in [0.05, 0.1) is 20.3 Å². The number of fused-ring (bicyclic) bond motifs is 1. The van der Waals surface area contributed by atoms with Crippen molar-refractivity contribution in [3.8, 4) is 17.2 Å². The molecule has 5 heteroatoms. The van der Waals surface area contributed by atoms with Gasteiger partial charge >= 0.3 is 0 Å². The molecule has 0 fully saturated rings. The average Bonchev–Trinajstić information content (AvgIpc) is 3.00. The molecule has 0 saturated carbocycles. The number of hydrogen-bond donors (Lipinski definition) is 1. The van der Waals surface area contributed by atoms with Crippen molar-refractivity contribution in [2.24, 2.45) is 0 Å². The molecular weight excluding hydrogens is 390 g/mol. The fourth-order valence-corrected chi connectivity index (χ4v) is 4.01. The molecule has 1 unspecified atom stereocenters. The Bertz CT molecular complexity index is 1010. The van der Waals surface area contributed by atoms with Gasteiger partial charge in [-0.05, 0) is 41.5 Å². The van der Waals surface area contributed by atoms with Crippen molar-refractivity contribution < 1.29 is 19.3 Å². The second-order valence-corrected chi connectivity index (χ2v) is 7.81. The van der Waals surface area contributed by atoms with Crippen LogP contribution >= 0.6 is 0 Å². The van der Waals surface area contributed by atoms with Crippen molar-refractivity contribution in [3.05, 3.63) is 89.0 Å². The summed E-state index contributed by atoms with van der Waals surface area (Å²) in [4.78, 5) is 2.33. The third kappa shape index (κ3) is 5.19. The molecule has 1 aliphatic rings. The van der Waals surface area contributed by atoms with Crippen LogP contribution in [0.3, 0.4) is 0 Å². The molecule has 0 amide bonds. The van der Waals surface area contributed by atoms with E-state index in [-0.39, 0.29) is 0 Å². The normalized spacial score (nSPS) is 14.8. The first kappa shape index (κ1) is 21.2. The van der Waals surface area contributed by atoms with Crippen LogP contribution in [0, 0.1) is 0 Å². The molecule has 0 spiro atoms. The van der Waals surface area contributed by atoms with Crippen LogP contribution in [0.25, 0.3) is 0 Å². The number of rotatable bonds is 7. The van der Waals surface area contributed by atoms with Crippen molar-refractivity contribution >= 4 is 0 Å². The highest BCUT2D eigenvalue weighted by atomic mass is 16.5. The lowest BCUT2D eigenvalue weighted by molar-refractivity contribution is 0.178. The number of ether oxygens (including phenoxy) is 3. The van der Waals surface area contributed by atoms with Crippen LogP contribution in [0.1, 0.15) is 28.4 Å². The average molecular weight is 420 g/mol. The van der Waals surface area contributed by atoms with E-state index >= 15 is 0 Å². The zero-order chi connectivity index (χ0) is 21.6. The fraction of sp³-hybridized carbons (Fsp3) is 0.308.